The van der Waals surface area contributed by atoms with E-state index in [2.05, 4.69) is 10.6 Å². The molecule has 1 saturated heterocycles. The number of carbonyl (C=O) groups is 2. The first-order chi connectivity index (χ1) is 11.6. The molecule has 2 amide bonds. The van der Waals surface area contributed by atoms with E-state index in [9.17, 15) is 9.59 Å². The molecule has 5 nitrogen and oxygen atoms in total. The topological polar surface area (TPSA) is 61.4 Å². The molecule has 6 heteroatoms. The van der Waals surface area contributed by atoms with Crippen LogP contribution in [0.25, 0.3) is 0 Å². The van der Waals surface area contributed by atoms with Crippen LogP contribution in [0, 0.1) is 5.92 Å². The van der Waals surface area contributed by atoms with E-state index in [0.717, 1.165) is 43.9 Å². The predicted octanol–water partition coefficient (Wildman–Crippen LogP) is 2.85. The third-order valence-electron chi connectivity index (χ3n) is 4.65. The minimum atomic E-state index is 0. The lowest BCUT2D eigenvalue weighted by atomic mass is 10.0. The van der Waals surface area contributed by atoms with Gasteiger partial charge < -0.3 is 15.5 Å². The fourth-order valence-electron chi connectivity index (χ4n) is 3.09. The molecule has 2 rings (SSSR count). The number of likely N-dealkylation sites (N-methyl/N-ethyl adjacent to an activating group) is 1. The van der Waals surface area contributed by atoms with Crippen molar-refractivity contribution in [3.63, 3.8) is 0 Å². The van der Waals surface area contributed by atoms with E-state index in [4.69, 9.17) is 0 Å². The minimum Gasteiger partial charge on any atom is -0.343 e. The van der Waals surface area contributed by atoms with Crippen LogP contribution >= 0.6 is 12.4 Å². The van der Waals surface area contributed by atoms with E-state index in [-0.39, 0.29) is 24.2 Å². The first-order valence-electron chi connectivity index (χ1n) is 8.99. The Morgan fingerprint density at radius 2 is 1.88 bits per heavy atom. The Hall–Kier alpha value is -1.59. The summed E-state index contributed by atoms with van der Waals surface area (Å²) in [6.07, 6.45) is 3.08. The fraction of sp³-hybridized carbons (Fsp3) is 0.579. The van der Waals surface area contributed by atoms with E-state index >= 15 is 0 Å². The average molecular weight is 368 g/mol. The van der Waals surface area contributed by atoms with Crippen molar-refractivity contribution in [2.24, 2.45) is 5.92 Å². The summed E-state index contributed by atoms with van der Waals surface area (Å²) in [4.78, 5) is 25.9. The Labute approximate surface area is 157 Å². The average Bonchev–Trinajstić information content (AvgIpc) is 3.09. The quantitative estimate of drug-likeness (QED) is 0.742. The van der Waals surface area contributed by atoms with Gasteiger partial charge in [-0.25, -0.2) is 0 Å². The molecule has 25 heavy (non-hydrogen) atoms. The van der Waals surface area contributed by atoms with Gasteiger partial charge in [0.05, 0.1) is 6.42 Å². The summed E-state index contributed by atoms with van der Waals surface area (Å²) < 4.78 is 0. The highest BCUT2D eigenvalue weighted by molar-refractivity contribution is 5.90. The zero-order chi connectivity index (χ0) is 17.4. The van der Waals surface area contributed by atoms with Crippen molar-refractivity contribution < 1.29 is 9.59 Å². The maximum Gasteiger partial charge on any atom is 0.226 e. The first kappa shape index (κ1) is 21.5. The Morgan fingerprint density at radius 3 is 2.44 bits per heavy atom. The molecular formula is C19H30ClN3O2. The van der Waals surface area contributed by atoms with Gasteiger partial charge in [-0.05, 0) is 63.4 Å². The first-order valence-corrected chi connectivity index (χ1v) is 8.99. The van der Waals surface area contributed by atoms with Gasteiger partial charge in [0.15, 0.2) is 0 Å². The van der Waals surface area contributed by atoms with E-state index in [1.807, 2.05) is 43.0 Å². The number of nitrogens with zero attached hydrogens (tertiary/aromatic N) is 1. The van der Waals surface area contributed by atoms with Crippen LogP contribution in [-0.4, -0.2) is 42.9 Å². The molecule has 1 aromatic rings. The van der Waals surface area contributed by atoms with Crippen LogP contribution in [0.3, 0.4) is 0 Å². The van der Waals surface area contributed by atoms with E-state index in [0.29, 0.717) is 18.8 Å². The van der Waals surface area contributed by atoms with Crippen LogP contribution in [-0.2, 0) is 16.0 Å². The van der Waals surface area contributed by atoms with Crippen LogP contribution in [0.2, 0.25) is 0 Å². The monoisotopic (exact) mass is 367 g/mol. The second-order valence-electron chi connectivity index (χ2n) is 6.39. The largest absolute Gasteiger partial charge is 0.343 e. The number of anilines is 1. The Morgan fingerprint density at radius 1 is 1.20 bits per heavy atom. The smallest absolute Gasteiger partial charge is 0.226 e. The highest BCUT2D eigenvalue weighted by Crippen LogP contribution is 2.16. The summed E-state index contributed by atoms with van der Waals surface area (Å²) in [7, 11) is 0. The number of nitrogens with one attached hydrogen (secondary N) is 2. The molecule has 2 N–H and O–H groups in total. The number of carbonyl (C=O) groups excluding carboxylic acids is 2. The van der Waals surface area contributed by atoms with Gasteiger partial charge in [-0.3, -0.25) is 9.59 Å². The predicted molar refractivity (Wildman–Crippen MR) is 104 cm³/mol. The van der Waals surface area contributed by atoms with Crippen molar-refractivity contribution in [2.45, 2.75) is 39.5 Å². The van der Waals surface area contributed by atoms with Crippen LogP contribution in [0.15, 0.2) is 24.3 Å². The lowest BCUT2D eigenvalue weighted by Crippen LogP contribution is -2.31. The molecular weight excluding hydrogens is 338 g/mol. The minimum absolute atomic E-state index is 0. The molecule has 0 radical (unpaired) electrons. The number of hydrogen-bond donors (Lipinski definition) is 2. The molecule has 1 atom stereocenters. The third kappa shape index (κ3) is 7.04. The summed E-state index contributed by atoms with van der Waals surface area (Å²) >= 11 is 0. The van der Waals surface area contributed by atoms with Gasteiger partial charge in [-0.2, -0.15) is 0 Å². The van der Waals surface area contributed by atoms with Gasteiger partial charge in [-0.15, -0.1) is 12.4 Å². The molecule has 0 saturated carbocycles. The number of hydrogen-bond acceptors (Lipinski definition) is 3. The summed E-state index contributed by atoms with van der Waals surface area (Å²) in [5, 5.41) is 6.26. The summed E-state index contributed by atoms with van der Waals surface area (Å²) in [6, 6.07) is 7.58. The number of amides is 2. The lowest BCUT2D eigenvalue weighted by Gasteiger charge is -2.18. The molecule has 1 fully saturated rings. The van der Waals surface area contributed by atoms with Crippen molar-refractivity contribution in [2.75, 3.05) is 31.5 Å². The van der Waals surface area contributed by atoms with E-state index in [1.54, 1.807) is 0 Å². The molecule has 1 aliphatic rings. The molecule has 1 heterocycles. The lowest BCUT2D eigenvalue weighted by molar-refractivity contribution is -0.130. The molecule has 0 aromatic heterocycles. The number of benzene rings is 1. The maximum atomic E-state index is 12.1. The van der Waals surface area contributed by atoms with Gasteiger partial charge >= 0.3 is 0 Å². The second kappa shape index (κ2) is 11.1. The van der Waals surface area contributed by atoms with Gasteiger partial charge in [0, 0.05) is 25.2 Å². The van der Waals surface area contributed by atoms with Gasteiger partial charge in [0.25, 0.3) is 0 Å². The zero-order valence-corrected chi connectivity index (χ0v) is 16.0. The van der Waals surface area contributed by atoms with Gasteiger partial charge in [0.1, 0.15) is 0 Å². The van der Waals surface area contributed by atoms with Crippen molar-refractivity contribution >= 4 is 29.9 Å². The van der Waals surface area contributed by atoms with E-state index < -0.39 is 0 Å². The zero-order valence-electron chi connectivity index (χ0n) is 15.2. The van der Waals surface area contributed by atoms with Crippen molar-refractivity contribution in [1.29, 1.82) is 0 Å². The second-order valence-corrected chi connectivity index (χ2v) is 6.39. The Balaban J connectivity index is 0.00000312. The van der Waals surface area contributed by atoms with Gasteiger partial charge in [0.2, 0.25) is 11.8 Å². The summed E-state index contributed by atoms with van der Waals surface area (Å²) in [6.45, 7) is 7.55. The molecule has 1 aliphatic heterocycles. The van der Waals surface area contributed by atoms with Crippen LogP contribution < -0.4 is 10.6 Å². The van der Waals surface area contributed by atoms with Crippen molar-refractivity contribution in [3.05, 3.63) is 29.8 Å². The molecule has 0 aliphatic carbocycles. The van der Waals surface area contributed by atoms with Crippen LogP contribution in [0.1, 0.15) is 38.7 Å². The molecule has 1 aromatic carbocycles. The Kier molecular flexibility index (Phi) is 9.53. The SMILES string of the molecule is CCN(CC)C(=O)Cc1ccc(NC(=O)CCC2CCNC2)cc1.Cl. The normalized spacial score (nSPS) is 16.2. The Bertz CT molecular complexity index is 538. The highest BCUT2D eigenvalue weighted by atomic mass is 35.5. The third-order valence-corrected chi connectivity index (χ3v) is 4.65. The molecule has 0 spiro atoms. The van der Waals surface area contributed by atoms with Crippen LogP contribution in [0.5, 0.6) is 0 Å². The van der Waals surface area contributed by atoms with Gasteiger partial charge in [-0.1, -0.05) is 12.1 Å². The molecule has 0 bridgehead atoms. The van der Waals surface area contributed by atoms with Crippen molar-refractivity contribution in [3.8, 4) is 0 Å². The maximum absolute atomic E-state index is 12.1. The number of rotatable bonds is 8. The van der Waals surface area contributed by atoms with E-state index in [1.165, 1.54) is 6.42 Å². The molecule has 1 unspecified atom stereocenters. The standard InChI is InChI=1S/C19H29N3O2.ClH/c1-3-22(4-2)19(24)13-15-5-8-17(9-6-15)21-18(23)10-7-16-11-12-20-14-16;/h5-6,8-9,16,20H,3-4,7,10-14H2,1-2H3,(H,21,23);1H. The van der Waals surface area contributed by atoms with Crippen LogP contribution in [0.4, 0.5) is 5.69 Å². The summed E-state index contributed by atoms with van der Waals surface area (Å²) in [5.74, 6) is 0.833. The number of halogens is 1. The highest BCUT2D eigenvalue weighted by Gasteiger charge is 2.15. The van der Waals surface area contributed by atoms with Crippen molar-refractivity contribution in [1.82, 2.24) is 10.2 Å². The summed E-state index contributed by atoms with van der Waals surface area (Å²) in [5.41, 5.74) is 1.77. The fourth-order valence-corrected chi connectivity index (χ4v) is 3.09. The molecule has 140 valence electrons.